The lowest BCUT2D eigenvalue weighted by Crippen LogP contribution is -2.23. The number of aryl methyl sites for hydroxylation is 2. The molecule has 2 aromatic carbocycles. The molecule has 0 bridgehead atoms. The Bertz CT molecular complexity index is 1270. The summed E-state index contributed by atoms with van der Waals surface area (Å²) in [5.41, 5.74) is 2.25. The fourth-order valence-electron chi connectivity index (χ4n) is 3.43. The van der Waals surface area contributed by atoms with Crippen LogP contribution in [0.25, 0.3) is 0 Å². The van der Waals surface area contributed by atoms with E-state index in [1.165, 1.54) is 37.4 Å². The molecule has 0 aliphatic heterocycles. The van der Waals surface area contributed by atoms with E-state index in [1.54, 1.807) is 18.0 Å². The Morgan fingerprint density at radius 1 is 1.24 bits per heavy atom. The zero-order chi connectivity index (χ0) is 24.3. The zero-order valence-corrected chi connectivity index (χ0v) is 20.1. The molecule has 0 saturated heterocycles. The maximum Gasteiger partial charge on any atom is 0.337 e. The minimum atomic E-state index is -4.09. The third kappa shape index (κ3) is 5.40. The molecule has 3 rings (SSSR count). The zero-order valence-electron chi connectivity index (χ0n) is 18.5. The molecule has 176 valence electrons. The summed E-state index contributed by atoms with van der Waals surface area (Å²) < 4.78 is 38.5. The highest BCUT2D eigenvalue weighted by Gasteiger charge is 2.22. The van der Waals surface area contributed by atoms with E-state index >= 15 is 0 Å². The van der Waals surface area contributed by atoms with E-state index in [2.05, 4.69) is 9.88 Å². The van der Waals surface area contributed by atoms with Crippen molar-refractivity contribution in [2.45, 2.75) is 25.2 Å². The number of carboxylic acids is 1. The van der Waals surface area contributed by atoms with Gasteiger partial charge in [0, 0.05) is 29.9 Å². The Kier molecular flexibility index (Phi) is 7.19. The van der Waals surface area contributed by atoms with Crippen molar-refractivity contribution >= 4 is 39.0 Å². The van der Waals surface area contributed by atoms with Crippen LogP contribution in [-0.4, -0.2) is 45.4 Å². The Balaban J connectivity index is 1.87. The number of aromatic nitrogens is 1. The fourth-order valence-corrected chi connectivity index (χ4v) is 4.92. The van der Waals surface area contributed by atoms with Gasteiger partial charge in [-0.3, -0.25) is 4.72 Å². The van der Waals surface area contributed by atoms with E-state index < -0.39 is 16.0 Å². The molecule has 0 spiro atoms. The molecule has 0 aliphatic rings. The normalized spacial score (nSPS) is 11.3. The first-order valence-electron chi connectivity index (χ1n) is 9.90. The van der Waals surface area contributed by atoms with Gasteiger partial charge in [-0.05, 0) is 56.7 Å². The summed E-state index contributed by atoms with van der Waals surface area (Å²) in [6.45, 7) is 4.19. The van der Waals surface area contributed by atoms with E-state index in [4.69, 9.17) is 20.9 Å². The first kappa shape index (κ1) is 24.4. The standard InChI is InChI=1S/C22H24ClN3O6S/c1-13-17(14(2)32-24-13)9-10-26(3)19-7-6-16(12-18(19)22(27)28)25-33(29,30)21-11-15(23)5-8-20(21)31-4/h5-8,11-12,25H,9-10H2,1-4H3,(H,27,28). The molecule has 0 fully saturated rings. The number of hydrogen-bond donors (Lipinski definition) is 2. The molecule has 0 unspecified atom stereocenters. The molecule has 0 saturated carbocycles. The molecule has 0 amide bonds. The van der Waals surface area contributed by atoms with E-state index in [1.807, 2.05) is 13.8 Å². The van der Waals surface area contributed by atoms with Gasteiger partial charge < -0.3 is 19.3 Å². The predicted octanol–water partition coefficient (Wildman–Crippen LogP) is 4.13. The highest BCUT2D eigenvalue weighted by molar-refractivity contribution is 7.92. The lowest BCUT2D eigenvalue weighted by atomic mass is 10.1. The third-order valence-electron chi connectivity index (χ3n) is 5.18. The van der Waals surface area contributed by atoms with Crippen molar-refractivity contribution in [2.24, 2.45) is 0 Å². The summed E-state index contributed by atoms with van der Waals surface area (Å²) in [7, 11) is -0.977. The Hall–Kier alpha value is -3.24. The summed E-state index contributed by atoms with van der Waals surface area (Å²) in [5.74, 6) is -0.350. The van der Waals surface area contributed by atoms with Crippen LogP contribution in [0.2, 0.25) is 5.02 Å². The van der Waals surface area contributed by atoms with Crippen LogP contribution in [0, 0.1) is 13.8 Å². The molecule has 0 radical (unpaired) electrons. The summed E-state index contributed by atoms with van der Waals surface area (Å²) >= 11 is 5.95. The van der Waals surface area contributed by atoms with Crippen molar-refractivity contribution < 1.29 is 27.6 Å². The molecular formula is C22H24ClN3O6S. The van der Waals surface area contributed by atoms with Crippen molar-refractivity contribution in [1.82, 2.24) is 5.16 Å². The van der Waals surface area contributed by atoms with Crippen LogP contribution in [0.3, 0.4) is 0 Å². The maximum absolute atomic E-state index is 12.9. The van der Waals surface area contributed by atoms with Gasteiger partial charge in [0.15, 0.2) is 0 Å². The molecular weight excluding hydrogens is 470 g/mol. The van der Waals surface area contributed by atoms with Crippen LogP contribution >= 0.6 is 11.6 Å². The number of hydrogen-bond acceptors (Lipinski definition) is 7. The van der Waals surface area contributed by atoms with E-state index in [0.29, 0.717) is 18.7 Å². The second kappa shape index (κ2) is 9.72. The number of nitrogens with zero attached hydrogens (tertiary/aromatic N) is 2. The van der Waals surface area contributed by atoms with Crippen LogP contribution in [0.5, 0.6) is 5.75 Å². The number of nitrogens with one attached hydrogen (secondary N) is 1. The van der Waals surface area contributed by atoms with Gasteiger partial charge in [0.05, 0.1) is 24.1 Å². The predicted molar refractivity (Wildman–Crippen MR) is 125 cm³/mol. The second-order valence-corrected chi connectivity index (χ2v) is 9.50. The monoisotopic (exact) mass is 493 g/mol. The highest BCUT2D eigenvalue weighted by atomic mass is 35.5. The SMILES string of the molecule is COc1ccc(Cl)cc1S(=O)(=O)Nc1ccc(N(C)CCc2c(C)noc2C)c(C(=O)O)c1. The summed E-state index contributed by atoms with van der Waals surface area (Å²) in [6, 6.07) is 8.55. The lowest BCUT2D eigenvalue weighted by Gasteiger charge is -2.22. The first-order chi connectivity index (χ1) is 15.5. The Labute approximate surface area is 197 Å². The maximum atomic E-state index is 12.9. The van der Waals surface area contributed by atoms with Gasteiger partial charge in [-0.2, -0.15) is 0 Å². The summed E-state index contributed by atoms with van der Waals surface area (Å²) in [4.78, 5) is 13.6. The third-order valence-corrected chi connectivity index (χ3v) is 6.82. The van der Waals surface area contributed by atoms with Crippen molar-refractivity contribution in [3.63, 3.8) is 0 Å². The molecule has 0 aliphatic carbocycles. The van der Waals surface area contributed by atoms with Gasteiger partial charge in [-0.25, -0.2) is 13.2 Å². The van der Waals surface area contributed by atoms with E-state index in [-0.39, 0.29) is 26.9 Å². The van der Waals surface area contributed by atoms with Crippen LogP contribution < -0.4 is 14.4 Å². The number of methoxy groups -OCH3 is 1. The van der Waals surface area contributed by atoms with Crippen LogP contribution in [0.4, 0.5) is 11.4 Å². The Morgan fingerprint density at radius 2 is 1.97 bits per heavy atom. The number of aromatic carboxylic acids is 1. The van der Waals surface area contributed by atoms with Gasteiger partial charge in [0.1, 0.15) is 16.4 Å². The minimum absolute atomic E-state index is 0.0467. The summed E-state index contributed by atoms with van der Waals surface area (Å²) in [6.07, 6.45) is 0.611. The largest absolute Gasteiger partial charge is 0.495 e. The van der Waals surface area contributed by atoms with Crippen LogP contribution in [0.15, 0.2) is 45.8 Å². The van der Waals surface area contributed by atoms with Gasteiger partial charge >= 0.3 is 5.97 Å². The topological polar surface area (TPSA) is 122 Å². The number of rotatable bonds is 9. The average Bonchev–Trinajstić information content (AvgIpc) is 3.08. The number of carbonyl (C=O) groups is 1. The van der Waals surface area contributed by atoms with Gasteiger partial charge in [-0.1, -0.05) is 16.8 Å². The fraction of sp³-hybridized carbons (Fsp3) is 0.273. The number of ether oxygens (including phenoxy) is 1. The molecule has 2 N–H and O–H groups in total. The molecule has 11 heteroatoms. The molecule has 0 atom stereocenters. The van der Waals surface area contributed by atoms with E-state index in [0.717, 1.165) is 17.0 Å². The number of likely N-dealkylation sites (N-methyl/N-ethyl adjacent to an activating group) is 1. The van der Waals surface area contributed by atoms with Crippen LogP contribution in [0.1, 0.15) is 27.4 Å². The smallest absolute Gasteiger partial charge is 0.337 e. The number of anilines is 2. The number of carboxylic acid groups (broad SMARTS) is 1. The summed E-state index contributed by atoms with van der Waals surface area (Å²) in [5, 5.41) is 13.9. The molecule has 33 heavy (non-hydrogen) atoms. The molecule has 1 aromatic heterocycles. The number of halogens is 1. The number of benzene rings is 2. The van der Waals surface area contributed by atoms with Gasteiger partial charge in [0.2, 0.25) is 0 Å². The van der Waals surface area contributed by atoms with Crippen LogP contribution in [-0.2, 0) is 16.4 Å². The van der Waals surface area contributed by atoms with Crippen molar-refractivity contribution in [1.29, 1.82) is 0 Å². The van der Waals surface area contributed by atoms with Gasteiger partial charge in [-0.15, -0.1) is 0 Å². The average molecular weight is 494 g/mol. The van der Waals surface area contributed by atoms with Gasteiger partial charge in [0.25, 0.3) is 10.0 Å². The minimum Gasteiger partial charge on any atom is -0.495 e. The molecule has 1 heterocycles. The van der Waals surface area contributed by atoms with Crippen molar-refractivity contribution in [3.05, 3.63) is 64.0 Å². The van der Waals surface area contributed by atoms with Crippen molar-refractivity contribution in [2.75, 3.05) is 30.3 Å². The van der Waals surface area contributed by atoms with E-state index in [9.17, 15) is 18.3 Å². The van der Waals surface area contributed by atoms with Crippen molar-refractivity contribution in [3.8, 4) is 5.75 Å². The molecule has 3 aromatic rings. The highest BCUT2D eigenvalue weighted by Crippen LogP contribution is 2.30. The molecule has 9 nitrogen and oxygen atoms in total. The first-order valence-corrected chi connectivity index (χ1v) is 11.8. The second-order valence-electron chi connectivity index (χ2n) is 7.41. The Morgan fingerprint density at radius 3 is 2.58 bits per heavy atom. The quantitative estimate of drug-likeness (QED) is 0.456. The number of sulfonamides is 1. The lowest BCUT2D eigenvalue weighted by molar-refractivity contribution is 0.0697.